The molecular formula is C22H14O4. The molecule has 0 aliphatic heterocycles. The van der Waals surface area contributed by atoms with E-state index in [1.54, 1.807) is 48.5 Å². The zero-order valence-electron chi connectivity index (χ0n) is 13.6. The number of rotatable bonds is 2. The molecule has 2 N–H and O–H groups in total. The van der Waals surface area contributed by atoms with Crippen molar-refractivity contribution >= 4 is 11.6 Å². The summed E-state index contributed by atoms with van der Waals surface area (Å²) in [7, 11) is 0. The number of benzene rings is 3. The molecule has 0 fully saturated rings. The zero-order valence-corrected chi connectivity index (χ0v) is 13.6. The van der Waals surface area contributed by atoms with Gasteiger partial charge in [-0.25, -0.2) is 0 Å². The molecule has 1 aliphatic carbocycles. The Labute approximate surface area is 149 Å². The van der Waals surface area contributed by atoms with Crippen molar-refractivity contribution < 1.29 is 19.8 Å². The summed E-state index contributed by atoms with van der Waals surface area (Å²) >= 11 is 0. The van der Waals surface area contributed by atoms with Gasteiger partial charge in [-0.3, -0.25) is 9.59 Å². The maximum atomic E-state index is 12.3. The summed E-state index contributed by atoms with van der Waals surface area (Å²) in [6.07, 6.45) is 2.22. The minimum absolute atomic E-state index is 0.159. The predicted molar refractivity (Wildman–Crippen MR) is 98.4 cm³/mol. The van der Waals surface area contributed by atoms with E-state index >= 15 is 0 Å². The van der Waals surface area contributed by atoms with Crippen LogP contribution < -0.4 is 0 Å². The Kier molecular flexibility index (Phi) is 3.66. The molecule has 0 unspecified atom stereocenters. The smallest absolute Gasteiger partial charge is 0.190 e. The highest BCUT2D eigenvalue weighted by atomic mass is 16.3. The maximum Gasteiger partial charge on any atom is 0.190 e. The topological polar surface area (TPSA) is 74.6 Å². The highest BCUT2D eigenvalue weighted by Crippen LogP contribution is 2.49. The molecule has 0 saturated carbocycles. The molecule has 3 aromatic rings. The average molecular weight is 342 g/mol. The first-order valence-electron chi connectivity index (χ1n) is 8.09. The van der Waals surface area contributed by atoms with Crippen LogP contribution in [0, 0.1) is 0 Å². The number of hydrogen-bond acceptors (Lipinski definition) is 4. The molecule has 4 heteroatoms. The molecule has 0 spiro atoms. The van der Waals surface area contributed by atoms with Crippen LogP contribution in [0.15, 0.2) is 72.8 Å². The third-order valence-corrected chi connectivity index (χ3v) is 4.45. The Morgan fingerprint density at radius 2 is 0.846 bits per heavy atom. The molecule has 4 rings (SSSR count). The molecule has 0 atom stereocenters. The zero-order chi connectivity index (χ0) is 18.3. The van der Waals surface area contributed by atoms with Crippen LogP contribution in [0.5, 0.6) is 11.5 Å². The van der Waals surface area contributed by atoms with Crippen molar-refractivity contribution in [2.75, 3.05) is 0 Å². The first-order valence-corrected chi connectivity index (χ1v) is 8.09. The van der Waals surface area contributed by atoms with Gasteiger partial charge in [-0.1, -0.05) is 60.7 Å². The monoisotopic (exact) mass is 342 g/mol. The van der Waals surface area contributed by atoms with Crippen LogP contribution in [0.2, 0.25) is 0 Å². The highest BCUT2D eigenvalue weighted by Gasteiger charge is 2.32. The van der Waals surface area contributed by atoms with Gasteiger partial charge in [0.1, 0.15) is 11.5 Å². The van der Waals surface area contributed by atoms with Crippen molar-refractivity contribution in [1.29, 1.82) is 0 Å². The standard InChI is InChI=1S/C22H14O4/c23-15-11-12-16(24)20-19(15)21(25)17(13-7-3-1-4-8-13)18(22(20)26)14-9-5-2-6-10-14/h1-12,25-26H. The summed E-state index contributed by atoms with van der Waals surface area (Å²) in [4.78, 5) is 24.7. The summed E-state index contributed by atoms with van der Waals surface area (Å²) in [6.45, 7) is 0. The van der Waals surface area contributed by atoms with Crippen molar-refractivity contribution in [3.63, 3.8) is 0 Å². The number of phenols is 2. The largest absolute Gasteiger partial charge is 0.506 e. The van der Waals surface area contributed by atoms with E-state index < -0.39 is 11.6 Å². The second-order valence-corrected chi connectivity index (χ2v) is 5.99. The molecule has 3 aromatic carbocycles. The third-order valence-electron chi connectivity index (χ3n) is 4.45. The molecule has 26 heavy (non-hydrogen) atoms. The SMILES string of the molecule is O=C1C=CC(=O)c2c(O)c(-c3ccccc3)c(-c3ccccc3)c(O)c21. The Balaban J connectivity index is 2.17. The number of allylic oxidation sites excluding steroid dienone is 2. The minimum atomic E-state index is -0.510. The number of aromatic hydroxyl groups is 2. The third kappa shape index (κ3) is 2.31. The molecule has 0 radical (unpaired) electrons. The van der Waals surface area contributed by atoms with Crippen LogP contribution in [-0.2, 0) is 0 Å². The number of phenolic OH excluding ortho intramolecular Hbond substituents is 2. The molecule has 4 nitrogen and oxygen atoms in total. The van der Waals surface area contributed by atoms with E-state index in [0.717, 1.165) is 12.2 Å². The van der Waals surface area contributed by atoms with E-state index in [0.29, 0.717) is 22.3 Å². The van der Waals surface area contributed by atoms with Crippen LogP contribution in [0.4, 0.5) is 0 Å². The first kappa shape index (κ1) is 15.8. The molecular weight excluding hydrogens is 328 g/mol. The summed E-state index contributed by atoms with van der Waals surface area (Å²) in [5.41, 5.74) is 1.60. The second kappa shape index (κ2) is 6.01. The van der Waals surface area contributed by atoms with Gasteiger partial charge in [-0.05, 0) is 23.3 Å². The Hall–Kier alpha value is -3.66. The summed E-state index contributed by atoms with van der Waals surface area (Å²) in [5, 5.41) is 21.8. The van der Waals surface area contributed by atoms with Gasteiger partial charge in [0.15, 0.2) is 11.6 Å². The van der Waals surface area contributed by atoms with Gasteiger partial charge in [0.05, 0.1) is 11.1 Å². The fourth-order valence-corrected chi connectivity index (χ4v) is 3.29. The Bertz CT molecular complexity index is 978. The molecule has 0 saturated heterocycles. The second-order valence-electron chi connectivity index (χ2n) is 5.99. The van der Waals surface area contributed by atoms with E-state index in [1.165, 1.54) is 0 Å². The maximum absolute atomic E-state index is 12.3. The summed E-state index contributed by atoms with van der Waals surface area (Å²) < 4.78 is 0. The van der Waals surface area contributed by atoms with Crippen LogP contribution in [0.25, 0.3) is 22.3 Å². The normalized spacial score (nSPS) is 12.9. The first-order chi connectivity index (χ1) is 12.6. The molecule has 1 aliphatic rings. The van der Waals surface area contributed by atoms with Gasteiger partial charge in [0.25, 0.3) is 0 Å². The van der Waals surface area contributed by atoms with Crippen LogP contribution >= 0.6 is 0 Å². The van der Waals surface area contributed by atoms with Gasteiger partial charge < -0.3 is 10.2 Å². The number of carbonyl (C=O) groups excluding carboxylic acids is 2. The fourth-order valence-electron chi connectivity index (χ4n) is 3.29. The van der Waals surface area contributed by atoms with Crippen LogP contribution in [0.1, 0.15) is 20.7 Å². The van der Waals surface area contributed by atoms with E-state index in [-0.39, 0.29) is 22.6 Å². The lowest BCUT2D eigenvalue weighted by atomic mass is 9.83. The molecule has 126 valence electrons. The number of carbonyl (C=O) groups is 2. The number of ketones is 2. The van der Waals surface area contributed by atoms with Crippen LogP contribution in [0.3, 0.4) is 0 Å². The van der Waals surface area contributed by atoms with Crippen molar-refractivity contribution in [3.05, 3.63) is 83.9 Å². The van der Waals surface area contributed by atoms with Gasteiger partial charge in [0.2, 0.25) is 0 Å². The van der Waals surface area contributed by atoms with Gasteiger partial charge in [-0.2, -0.15) is 0 Å². The van der Waals surface area contributed by atoms with Crippen LogP contribution in [-0.4, -0.2) is 21.8 Å². The van der Waals surface area contributed by atoms with Gasteiger partial charge in [-0.15, -0.1) is 0 Å². The molecule has 0 amide bonds. The number of hydrogen-bond donors (Lipinski definition) is 2. The Morgan fingerprint density at radius 1 is 0.500 bits per heavy atom. The molecule has 0 aromatic heterocycles. The van der Waals surface area contributed by atoms with Gasteiger partial charge in [0, 0.05) is 11.1 Å². The lowest BCUT2D eigenvalue weighted by Gasteiger charge is -2.21. The Morgan fingerprint density at radius 3 is 1.19 bits per heavy atom. The lowest BCUT2D eigenvalue weighted by Crippen LogP contribution is -2.13. The predicted octanol–water partition coefficient (Wildman–Crippen LogP) is 4.37. The quantitative estimate of drug-likeness (QED) is 0.678. The fraction of sp³-hybridized carbons (Fsp3) is 0. The van der Waals surface area contributed by atoms with Crippen molar-refractivity contribution in [2.24, 2.45) is 0 Å². The van der Waals surface area contributed by atoms with Crippen molar-refractivity contribution in [2.45, 2.75) is 0 Å². The summed E-state index contributed by atoms with van der Waals surface area (Å²) in [5.74, 6) is -1.62. The molecule has 0 heterocycles. The summed E-state index contributed by atoms with van der Waals surface area (Å²) in [6, 6.07) is 18.0. The van der Waals surface area contributed by atoms with E-state index in [4.69, 9.17) is 0 Å². The van der Waals surface area contributed by atoms with E-state index in [2.05, 4.69) is 0 Å². The molecule has 0 bridgehead atoms. The minimum Gasteiger partial charge on any atom is -0.506 e. The lowest BCUT2D eigenvalue weighted by molar-refractivity contribution is 0.0989. The van der Waals surface area contributed by atoms with Crippen molar-refractivity contribution in [1.82, 2.24) is 0 Å². The average Bonchev–Trinajstić information content (AvgIpc) is 2.67. The van der Waals surface area contributed by atoms with E-state index in [1.807, 2.05) is 12.1 Å². The number of fused-ring (bicyclic) bond motifs is 1. The van der Waals surface area contributed by atoms with Crippen molar-refractivity contribution in [3.8, 4) is 33.8 Å². The van der Waals surface area contributed by atoms with E-state index in [9.17, 15) is 19.8 Å². The van der Waals surface area contributed by atoms with Gasteiger partial charge >= 0.3 is 0 Å². The highest BCUT2D eigenvalue weighted by molar-refractivity contribution is 6.26.